The fraction of sp³-hybridized carbons (Fsp3) is 0.400. The van der Waals surface area contributed by atoms with Gasteiger partial charge in [0.15, 0.2) is 0 Å². The molecule has 1 unspecified atom stereocenters. The Morgan fingerprint density at radius 2 is 2.20 bits per heavy atom. The topological polar surface area (TPSA) is 72.1 Å². The Morgan fingerprint density at radius 3 is 3.05 bits per heavy atom. The first-order chi connectivity index (χ1) is 9.79. The second-order valence-electron chi connectivity index (χ2n) is 5.22. The quantitative estimate of drug-likeness (QED) is 0.896. The SMILES string of the molecule is NCC1CCCN(C(=O)c2cccc3nccnc23)C1. The Kier molecular flexibility index (Phi) is 3.60. The molecule has 1 amide bonds. The highest BCUT2D eigenvalue weighted by atomic mass is 16.2. The van der Waals surface area contributed by atoms with Crippen molar-refractivity contribution in [2.75, 3.05) is 19.6 Å². The number of fused-ring (bicyclic) bond motifs is 1. The average molecular weight is 270 g/mol. The van der Waals surface area contributed by atoms with Gasteiger partial charge in [-0.2, -0.15) is 0 Å². The summed E-state index contributed by atoms with van der Waals surface area (Å²) >= 11 is 0. The van der Waals surface area contributed by atoms with Gasteiger partial charge in [-0.05, 0) is 37.4 Å². The first kappa shape index (κ1) is 13.0. The van der Waals surface area contributed by atoms with Gasteiger partial charge in [-0.1, -0.05) is 6.07 Å². The van der Waals surface area contributed by atoms with E-state index in [2.05, 4.69) is 9.97 Å². The van der Waals surface area contributed by atoms with Gasteiger partial charge < -0.3 is 10.6 Å². The molecule has 1 aliphatic heterocycles. The number of piperidine rings is 1. The Bertz CT molecular complexity index is 623. The summed E-state index contributed by atoms with van der Waals surface area (Å²) in [5.41, 5.74) is 7.80. The minimum Gasteiger partial charge on any atom is -0.338 e. The van der Waals surface area contributed by atoms with Crippen LogP contribution >= 0.6 is 0 Å². The molecule has 2 aromatic rings. The van der Waals surface area contributed by atoms with Crippen LogP contribution in [0.1, 0.15) is 23.2 Å². The molecule has 0 spiro atoms. The average Bonchev–Trinajstić information content (AvgIpc) is 2.53. The van der Waals surface area contributed by atoms with Crippen molar-refractivity contribution in [3.63, 3.8) is 0 Å². The van der Waals surface area contributed by atoms with Gasteiger partial charge in [0.25, 0.3) is 5.91 Å². The van der Waals surface area contributed by atoms with Crippen molar-refractivity contribution in [2.45, 2.75) is 12.8 Å². The van der Waals surface area contributed by atoms with Crippen LogP contribution in [-0.2, 0) is 0 Å². The zero-order valence-corrected chi connectivity index (χ0v) is 11.3. The predicted octanol–water partition coefficient (Wildman–Crippen LogP) is 1.44. The van der Waals surface area contributed by atoms with E-state index in [-0.39, 0.29) is 5.91 Å². The maximum atomic E-state index is 12.7. The lowest BCUT2D eigenvalue weighted by Crippen LogP contribution is -2.42. The monoisotopic (exact) mass is 270 g/mol. The number of amides is 1. The standard InChI is InChI=1S/C15H18N4O/c16-9-11-3-2-8-19(10-11)15(20)12-4-1-5-13-14(12)18-7-6-17-13/h1,4-7,11H,2-3,8-10,16H2. The summed E-state index contributed by atoms with van der Waals surface area (Å²) in [6, 6.07) is 5.55. The van der Waals surface area contributed by atoms with Crippen molar-refractivity contribution in [3.8, 4) is 0 Å². The molecule has 5 nitrogen and oxygen atoms in total. The van der Waals surface area contributed by atoms with Crippen molar-refractivity contribution >= 4 is 16.9 Å². The number of hydrogen-bond acceptors (Lipinski definition) is 4. The fourth-order valence-electron chi connectivity index (χ4n) is 2.78. The first-order valence-corrected chi connectivity index (χ1v) is 6.98. The maximum absolute atomic E-state index is 12.7. The van der Waals surface area contributed by atoms with Crippen LogP contribution in [0.5, 0.6) is 0 Å². The second-order valence-corrected chi connectivity index (χ2v) is 5.22. The van der Waals surface area contributed by atoms with E-state index in [1.165, 1.54) is 0 Å². The number of aromatic nitrogens is 2. The van der Waals surface area contributed by atoms with E-state index >= 15 is 0 Å². The number of benzene rings is 1. The van der Waals surface area contributed by atoms with E-state index in [4.69, 9.17) is 5.73 Å². The third-order valence-electron chi connectivity index (χ3n) is 3.87. The molecule has 1 fully saturated rings. The van der Waals surface area contributed by atoms with Gasteiger partial charge in [0.05, 0.1) is 11.1 Å². The molecule has 3 rings (SSSR count). The summed E-state index contributed by atoms with van der Waals surface area (Å²) in [5.74, 6) is 0.447. The molecule has 1 aliphatic rings. The maximum Gasteiger partial charge on any atom is 0.256 e. The van der Waals surface area contributed by atoms with Gasteiger partial charge in [-0.25, -0.2) is 0 Å². The summed E-state index contributed by atoms with van der Waals surface area (Å²) in [6.45, 7) is 2.18. The third-order valence-corrected chi connectivity index (χ3v) is 3.87. The van der Waals surface area contributed by atoms with Crippen molar-refractivity contribution in [1.82, 2.24) is 14.9 Å². The summed E-state index contributed by atoms with van der Waals surface area (Å²) in [5, 5.41) is 0. The molecular formula is C15H18N4O. The minimum atomic E-state index is 0.0363. The molecule has 1 atom stereocenters. The molecule has 5 heteroatoms. The van der Waals surface area contributed by atoms with Crippen molar-refractivity contribution in [1.29, 1.82) is 0 Å². The largest absolute Gasteiger partial charge is 0.338 e. The van der Waals surface area contributed by atoms with E-state index in [9.17, 15) is 4.79 Å². The summed E-state index contributed by atoms with van der Waals surface area (Å²) < 4.78 is 0. The van der Waals surface area contributed by atoms with Crippen LogP contribution in [0.25, 0.3) is 11.0 Å². The van der Waals surface area contributed by atoms with Crippen molar-refractivity contribution in [3.05, 3.63) is 36.2 Å². The van der Waals surface area contributed by atoms with Crippen LogP contribution in [0, 0.1) is 5.92 Å². The van der Waals surface area contributed by atoms with E-state index in [1.54, 1.807) is 12.4 Å². The lowest BCUT2D eigenvalue weighted by atomic mass is 9.97. The Balaban J connectivity index is 1.92. The van der Waals surface area contributed by atoms with Crippen LogP contribution < -0.4 is 5.73 Å². The number of hydrogen-bond donors (Lipinski definition) is 1. The zero-order valence-electron chi connectivity index (χ0n) is 11.3. The number of likely N-dealkylation sites (tertiary alicyclic amines) is 1. The number of para-hydroxylation sites is 1. The minimum absolute atomic E-state index is 0.0363. The lowest BCUT2D eigenvalue weighted by molar-refractivity contribution is 0.0680. The molecule has 20 heavy (non-hydrogen) atoms. The summed E-state index contributed by atoms with van der Waals surface area (Å²) in [7, 11) is 0. The highest BCUT2D eigenvalue weighted by Crippen LogP contribution is 2.20. The van der Waals surface area contributed by atoms with Crippen LogP contribution in [0.2, 0.25) is 0 Å². The van der Waals surface area contributed by atoms with Crippen molar-refractivity contribution in [2.24, 2.45) is 11.7 Å². The highest BCUT2D eigenvalue weighted by Gasteiger charge is 2.25. The Hall–Kier alpha value is -2.01. The number of rotatable bonds is 2. The van der Waals surface area contributed by atoms with Gasteiger partial charge in [0.2, 0.25) is 0 Å². The number of nitrogens with two attached hydrogens (primary N) is 1. The lowest BCUT2D eigenvalue weighted by Gasteiger charge is -2.32. The smallest absolute Gasteiger partial charge is 0.256 e. The van der Waals surface area contributed by atoms with Crippen LogP contribution in [0.15, 0.2) is 30.6 Å². The number of nitrogens with zero attached hydrogens (tertiary/aromatic N) is 3. The molecule has 0 saturated carbocycles. The molecule has 1 saturated heterocycles. The molecule has 2 N–H and O–H groups in total. The van der Waals surface area contributed by atoms with Crippen LogP contribution in [0.3, 0.4) is 0 Å². The van der Waals surface area contributed by atoms with Crippen LogP contribution in [-0.4, -0.2) is 40.4 Å². The van der Waals surface area contributed by atoms with E-state index in [0.29, 0.717) is 23.5 Å². The zero-order chi connectivity index (χ0) is 13.9. The predicted molar refractivity (Wildman–Crippen MR) is 77.2 cm³/mol. The second kappa shape index (κ2) is 5.54. The molecule has 1 aromatic carbocycles. The number of carbonyl (C=O) groups is 1. The van der Waals surface area contributed by atoms with Gasteiger partial charge in [0.1, 0.15) is 5.52 Å². The molecule has 0 radical (unpaired) electrons. The molecule has 1 aromatic heterocycles. The fourth-order valence-corrected chi connectivity index (χ4v) is 2.78. The molecule has 104 valence electrons. The highest BCUT2D eigenvalue weighted by molar-refractivity contribution is 6.04. The van der Waals surface area contributed by atoms with E-state index in [0.717, 1.165) is 31.4 Å². The molecule has 0 aliphatic carbocycles. The van der Waals surface area contributed by atoms with Gasteiger partial charge in [-0.15, -0.1) is 0 Å². The third kappa shape index (κ3) is 2.36. The summed E-state index contributed by atoms with van der Waals surface area (Å²) in [6.07, 6.45) is 5.39. The van der Waals surface area contributed by atoms with E-state index < -0.39 is 0 Å². The normalized spacial score (nSPS) is 19.2. The molecule has 2 heterocycles. The van der Waals surface area contributed by atoms with Crippen molar-refractivity contribution < 1.29 is 4.79 Å². The Morgan fingerprint density at radius 1 is 1.35 bits per heavy atom. The van der Waals surface area contributed by atoms with E-state index in [1.807, 2.05) is 23.1 Å². The number of carbonyl (C=O) groups excluding carboxylic acids is 1. The molecule has 0 bridgehead atoms. The summed E-state index contributed by atoms with van der Waals surface area (Å²) in [4.78, 5) is 23.1. The first-order valence-electron chi connectivity index (χ1n) is 6.98. The molecular weight excluding hydrogens is 252 g/mol. The van der Waals surface area contributed by atoms with Gasteiger partial charge >= 0.3 is 0 Å². The van der Waals surface area contributed by atoms with Gasteiger partial charge in [0, 0.05) is 25.5 Å². The van der Waals surface area contributed by atoms with Gasteiger partial charge in [-0.3, -0.25) is 14.8 Å². The Labute approximate surface area is 117 Å². The van der Waals surface area contributed by atoms with Crippen LogP contribution in [0.4, 0.5) is 0 Å².